The summed E-state index contributed by atoms with van der Waals surface area (Å²) < 4.78 is 64.3. The molecule has 13 heteroatoms. The molecule has 9 nitrogen and oxygen atoms in total. The molecule has 0 aromatic heterocycles. The van der Waals surface area contributed by atoms with Crippen molar-refractivity contribution in [2.45, 2.75) is 49.6 Å². The largest absolute Gasteiger partial charge is 0.454 e. The number of hydrogen-bond donors (Lipinski definition) is 4. The first-order valence-corrected chi connectivity index (χ1v) is 14.3. The molecule has 0 saturated carbocycles. The SMILES string of the molecule is CCN(C(=O)Cc1ccc2c(c1)NC(=O)CS2(O)O)[C@H](CN1CCC(O)C1)c1cccc(OC(F)C(F)F)c1. The van der Waals surface area contributed by atoms with Gasteiger partial charge in [-0.1, -0.05) is 18.2 Å². The number of alkyl halides is 3. The number of likely N-dealkylation sites (N-methyl/N-ethyl adjacent to an activating group) is 1. The minimum Gasteiger partial charge on any atom is -0.454 e. The van der Waals surface area contributed by atoms with Gasteiger partial charge in [0.15, 0.2) is 0 Å². The summed E-state index contributed by atoms with van der Waals surface area (Å²) in [5, 5.41) is 12.6. The lowest BCUT2D eigenvalue weighted by atomic mass is 10.0. The summed E-state index contributed by atoms with van der Waals surface area (Å²) in [6.07, 6.45) is -6.09. The highest BCUT2D eigenvalue weighted by molar-refractivity contribution is 8.25. The van der Waals surface area contributed by atoms with E-state index >= 15 is 0 Å². The fraction of sp³-hybridized carbons (Fsp3) is 0.462. The molecule has 2 unspecified atom stereocenters. The Morgan fingerprint density at radius 1 is 1.23 bits per heavy atom. The molecule has 0 aliphatic carbocycles. The third kappa shape index (κ3) is 7.03. The predicted molar refractivity (Wildman–Crippen MR) is 140 cm³/mol. The number of carbonyl (C=O) groups is 2. The number of nitrogens with zero attached hydrogens (tertiary/aromatic N) is 2. The molecule has 1 saturated heterocycles. The molecule has 1 fully saturated rings. The van der Waals surface area contributed by atoms with Crippen LogP contribution in [0.5, 0.6) is 5.75 Å². The zero-order valence-electron chi connectivity index (χ0n) is 21.3. The van der Waals surface area contributed by atoms with E-state index in [2.05, 4.69) is 5.32 Å². The maximum Gasteiger partial charge on any atom is 0.304 e. The van der Waals surface area contributed by atoms with Crippen LogP contribution >= 0.6 is 10.6 Å². The van der Waals surface area contributed by atoms with Crippen molar-refractivity contribution in [2.75, 3.05) is 37.2 Å². The fourth-order valence-electron chi connectivity index (χ4n) is 4.95. The van der Waals surface area contributed by atoms with Gasteiger partial charge in [0.25, 0.3) is 6.36 Å². The van der Waals surface area contributed by atoms with Gasteiger partial charge in [-0.25, -0.2) is 8.78 Å². The molecule has 2 aliphatic heterocycles. The summed E-state index contributed by atoms with van der Waals surface area (Å²) in [6.45, 7) is 3.44. The maximum atomic E-state index is 13.6. The Balaban J connectivity index is 1.59. The Labute approximate surface area is 225 Å². The van der Waals surface area contributed by atoms with Crippen LogP contribution in [0.25, 0.3) is 0 Å². The standard InChI is InChI=1S/C26H32F3N3O6S/c1-2-32(24(35)11-16-6-7-22-20(10-16)30-23(34)15-39(22,36)37)21(14-31-9-8-18(33)13-31)17-4-3-5-19(12-17)38-26(29)25(27)28/h3-7,10,12,18,21,25-26,33,36-37H,2,8-9,11,13-15H2,1H3,(H,30,34)/t18?,21-,26?/m1/s1. The number of hydrogen-bond acceptors (Lipinski definition) is 7. The molecule has 39 heavy (non-hydrogen) atoms. The molecule has 3 atom stereocenters. The number of fused-ring (bicyclic) bond motifs is 1. The Morgan fingerprint density at radius 2 is 2.00 bits per heavy atom. The van der Waals surface area contributed by atoms with E-state index in [0.29, 0.717) is 37.2 Å². The maximum absolute atomic E-state index is 13.6. The molecule has 4 rings (SSSR count). The second-order valence-electron chi connectivity index (χ2n) is 9.64. The van der Waals surface area contributed by atoms with Crippen molar-refractivity contribution in [1.82, 2.24) is 9.80 Å². The average Bonchev–Trinajstić information content (AvgIpc) is 3.27. The zero-order chi connectivity index (χ0) is 28.3. The highest BCUT2D eigenvalue weighted by Crippen LogP contribution is 2.53. The first kappa shape index (κ1) is 29.2. The summed E-state index contributed by atoms with van der Waals surface area (Å²) >= 11 is 0. The van der Waals surface area contributed by atoms with Crippen LogP contribution in [0.3, 0.4) is 0 Å². The normalized spacial score (nSPS) is 21.1. The van der Waals surface area contributed by atoms with Crippen LogP contribution in [0, 0.1) is 0 Å². The van der Waals surface area contributed by atoms with E-state index in [9.17, 15) is 37.0 Å². The van der Waals surface area contributed by atoms with Crippen LogP contribution in [-0.4, -0.2) is 86.6 Å². The van der Waals surface area contributed by atoms with Crippen LogP contribution in [0.4, 0.5) is 18.9 Å². The topological polar surface area (TPSA) is 123 Å². The number of anilines is 1. The van der Waals surface area contributed by atoms with Crippen molar-refractivity contribution in [3.63, 3.8) is 0 Å². The average molecular weight is 572 g/mol. The number of rotatable bonds is 10. The Kier molecular flexibility index (Phi) is 9.07. The van der Waals surface area contributed by atoms with E-state index in [1.807, 2.05) is 4.90 Å². The van der Waals surface area contributed by atoms with Crippen LogP contribution < -0.4 is 10.1 Å². The third-order valence-corrected chi connectivity index (χ3v) is 8.49. The molecule has 2 aromatic rings. The van der Waals surface area contributed by atoms with Crippen molar-refractivity contribution in [2.24, 2.45) is 0 Å². The molecule has 2 amide bonds. The number of amides is 2. The van der Waals surface area contributed by atoms with Crippen LogP contribution in [0.15, 0.2) is 47.4 Å². The van der Waals surface area contributed by atoms with Gasteiger partial charge in [-0.05, 0) is 48.7 Å². The van der Waals surface area contributed by atoms with Crippen molar-refractivity contribution in [3.05, 3.63) is 53.6 Å². The Hall–Kier alpha value is -2.84. The molecule has 0 spiro atoms. The summed E-state index contributed by atoms with van der Waals surface area (Å²) in [6, 6.07) is 10.1. The summed E-state index contributed by atoms with van der Waals surface area (Å²) in [5.74, 6) is -1.32. The number of likely N-dealkylation sites (tertiary alicyclic amines) is 1. The smallest absolute Gasteiger partial charge is 0.304 e. The van der Waals surface area contributed by atoms with Crippen LogP contribution in [0.2, 0.25) is 0 Å². The molecule has 0 bridgehead atoms. The predicted octanol–water partition coefficient (Wildman–Crippen LogP) is 3.89. The van der Waals surface area contributed by atoms with Gasteiger partial charge in [-0.3, -0.25) is 23.6 Å². The van der Waals surface area contributed by atoms with E-state index in [0.717, 1.165) is 0 Å². The highest BCUT2D eigenvalue weighted by atomic mass is 32.3. The van der Waals surface area contributed by atoms with E-state index in [1.165, 1.54) is 24.3 Å². The number of aliphatic hydroxyl groups is 1. The molecule has 4 N–H and O–H groups in total. The van der Waals surface area contributed by atoms with Gasteiger partial charge in [0.1, 0.15) is 11.5 Å². The number of nitrogens with one attached hydrogen (secondary N) is 1. The second kappa shape index (κ2) is 12.1. The Morgan fingerprint density at radius 3 is 2.67 bits per heavy atom. The number of halogens is 3. The number of ether oxygens (including phenoxy) is 1. The zero-order valence-corrected chi connectivity index (χ0v) is 22.1. The third-order valence-electron chi connectivity index (χ3n) is 6.76. The second-order valence-corrected chi connectivity index (χ2v) is 11.7. The molecular weight excluding hydrogens is 539 g/mol. The Bertz CT molecular complexity index is 1200. The van der Waals surface area contributed by atoms with Gasteiger partial charge in [-0.15, -0.1) is 0 Å². The number of carbonyl (C=O) groups excluding carboxylic acids is 2. The molecule has 214 valence electrons. The minimum absolute atomic E-state index is 0.0660. The van der Waals surface area contributed by atoms with Gasteiger partial charge in [0.05, 0.1) is 29.1 Å². The molecule has 2 aliphatic rings. The van der Waals surface area contributed by atoms with Gasteiger partial charge < -0.3 is 20.1 Å². The van der Waals surface area contributed by atoms with Crippen molar-refractivity contribution >= 4 is 28.1 Å². The van der Waals surface area contributed by atoms with Crippen LogP contribution in [0.1, 0.15) is 30.5 Å². The number of β-amino-alcohol motifs (C(OH)–C–C–N with tert-alkyl or cyclic N) is 1. The number of aliphatic hydroxyl groups excluding tert-OH is 1. The minimum atomic E-state index is -3.31. The lowest BCUT2D eigenvalue weighted by molar-refractivity contribution is -0.133. The van der Waals surface area contributed by atoms with E-state index < -0.39 is 47.2 Å². The lowest BCUT2D eigenvalue weighted by Crippen LogP contribution is -2.42. The molecule has 0 radical (unpaired) electrons. The summed E-state index contributed by atoms with van der Waals surface area (Å²) in [4.78, 5) is 29.3. The quantitative estimate of drug-likeness (QED) is 0.341. The number of benzene rings is 2. The first-order valence-electron chi connectivity index (χ1n) is 12.5. The lowest BCUT2D eigenvalue weighted by Gasteiger charge is -2.37. The monoisotopic (exact) mass is 571 g/mol. The van der Waals surface area contributed by atoms with E-state index in [-0.39, 0.29) is 35.2 Å². The summed E-state index contributed by atoms with van der Waals surface area (Å²) in [7, 11) is -3.26. The molecule has 2 heterocycles. The van der Waals surface area contributed by atoms with E-state index in [1.54, 1.807) is 30.0 Å². The van der Waals surface area contributed by atoms with Gasteiger partial charge >= 0.3 is 6.43 Å². The highest BCUT2D eigenvalue weighted by Gasteiger charge is 2.32. The molecular formula is C26H32F3N3O6S. The van der Waals surface area contributed by atoms with Crippen molar-refractivity contribution in [1.29, 1.82) is 0 Å². The van der Waals surface area contributed by atoms with Gasteiger partial charge in [-0.2, -0.15) is 15.0 Å². The first-order chi connectivity index (χ1) is 18.5. The summed E-state index contributed by atoms with van der Waals surface area (Å²) in [5.41, 5.74) is 1.34. The van der Waals surface area contributed by atoms with Gasteiger partial charge in [0, 0.05) is 26.2 Å². The van der Waals surface area contributed by atoms with E-state index in [4.69, 9.17) is 4.74 Å². The van der Waals surface area contributed by atoms with Crippen LogP contribution in [-0.2, 0) is 16.0 Å². The molecule has 2 aromatic carbocycles. The van der Waals surface area contributed by atoms with Gasteiger partial charge in [0.2, 0.25) is 11.8 Å². The fourth-order valence-corrected chi connectivity index (χ4v) is 6.29. The van der Waals surface area contributed by atoms with Crippen molar-refractivity contribution in [3.8, 4) is 5.75 Å². The van der Waals surface area contributed by atoms with Crippen molar-refractivity contribution < 1.29 is 41.7 Å².